The van der Waals surface area contributed by atoms with E-state index in [1.807, 2.05) is 77.6 Å². The van der Waals surface area contributed by atoms with Crippen LogP contribution in [0.5, 0.6) is 5.75 Å². The Bertz CT molecular complexity index is 1390. The van der Waals surface area contributed by atoms with Crippen molar-refractivity contribution < 1.29 is 13.2 Å². The average molecular weight is 479 g/mol. The summed E-state index contributed by atoms with van der Waals surface area (Å²) in [7, 11) is -2.00. The van der Waals surface area contributed by atoms with Crippen molar-refractivity contribution in [2.24, 2.45) is 5.10 Å². The number of ether oxygens (including phenoxy) is 1. The number of hydrogen-bond donors (Lipinski definition) is 0. The molecule has 0 aliphatic carbocycles. The summed E-state index contributed by atoms with van der Waals surface area (Å²) in [5, 5.41) is 13.4. The number of hydrazone groups is 1. The summed E-state index contributed by atoms with van der Waals surface area (Å²) in [6, 6.07) is 18.8. The summed E-state index contributed by atoms with van der Waals surface area (Å²) in [5.41, 5.74) is 4.99. The topological polar surface area (TPSA) is 76.8 Å². The van der Waals surface area contributed by atoms with E-state index in [1.165, 1.54) is 10.7 Å². The van der Waals surface area contributed by atoms with E-state index < -0.39 is 16.1 Å². The Hall–Kier alpha value is -3.43. The molecule has 4 aromatic rings. The third kappa shape index (κ3) is 4.17. The highest BCUT2D eigenvalue weighted by molar-refractivity contribution is 7.88. The van der Waals surface area contributed by atoms with E-state index >= 15 is 0 Å². The Morgan fingerprint density at radius 3 is 2.42 bits per heavy atom. The zero-order chi connectivity index (χ0) is 23.0. The number of aromatic nitrogens is 2. The molecule has 5 rings (SSSR count). The van der Waals surface area contributed by atoms with Crippen molar-refractivity contribution in [3.8, 4) is 22.7 Å². The Kier molecular flexibility index (Phi) is 5.51. The molecule has 0 bridgehead atoms. The highest BCUT2D eigenvalue weighted by atomic mass is 32.2. The third-order valence-corrected chi connectivity index (χ3v) is 7.25. The van der Waals surface area contributed by atoms with E-state index in [0.717, 1.165) is 33.8 Å². The molecular formula is C24H22N4O3S2. The SMILES string of the molecule is COc1ccc(C2=NN(S(C)(=O)=O)C(c3cn(-c4ccccc4)nc3-c3ccsc3)C2)cc1. The Balaban J connectivity index is 1.60. The van der Waals surface area contributed by atoms with E-state index in [2.05, 4.69) is 5.10 Å². The second kappa shape index (κ2) is 8.49. The van der Waals surface area contributed by atoms with Gasteiger partial charge < -0.3 is 4.74 Å². The standard InChI is InChI=1S/C24H22N4O3S2/c1-31-20-10-8-17(9-11-20)22-14-23(28(25-22)33(2,29)30)21-15-27(19-6-4-3-5-7-19)26-24(21)18-12-13-32-16-18/h3-13,15-16,23H,14H2,1-2H3. The molecule has 2 aromatic carbocycles. The highest BCUT2D eigenvalue weighted by Gasteiger charge is 2.37. The number of nitrogens with zero attached hydrogens (tertiary/aromatic N) is 4. The molecule has 2 aromatic heterocycles. The van der Waals surface area contributed by atoms with Gasteiger partial charge in [0.15, 0.2) is 0 Å². The molecule has 168 valence electrons. The predicted molar refractivity (Wildman–Crippen MR) is 130 cm³/mol. The van der Waals surface area contributed by atoms with Gasteiger partial charge in [0.2, 0.25) is 10.0 Å². The first kappa shape index (κ1) is 21.4. The summed E-state index contributed by atoms with van der Waals surface area (Å²) in [4.78, 5) is 0. The number of benzene rings is 2. The minimum atomic E-state index is -3.61. The quantitative estimate of drug-likeness (QED) is 0.402. The van der Waals surface area contributed by atoms with Crippen LogP contribution < -0.4 is 4.74 Å². The normalized spacial score (nSPS) is 16.1. The minimum Gasteiger partial charge on any atom is -0.497 e. The van der Waals surface area contributed by atoms with E-state index in [1.54, 1.807) is 23.1 Å². The summed E-state index contributed by atoms with van der Waals surface area (Å²) in [6.07, 6.45) is 3.54. The molecule has 7 nitrogen and oxygen atoms in total. The third-order valence-electron chi connectivity index (χ3n) is 5.55. The van der Waals surface area contributed by atoms with Gasteiger partial charge in [-0.3, -0.25) is 0 Å². The number of rotatable bonds is 6. The van der Waals surface area contributed by atoms with Crippen molar-refractivity contribution in [1.82, 2.24) is 14.2 Å². The first-order valence-electron chi connectivity index (χ1n) is 10.3. The van der Waals surface area contributed by atoms with E-state index in [4.69, 9.17) is 9.84 Å². The highest BCUT2D eigenvalue weighted by Crippen LogP contribution is 2.40. The van der Waals surface area contributed by atoms with Gasteiger partial charge in [-0.2, -0.15) is 26.0 Å². The van der Waals surface area contributed by atoms with Gasteiger partial charge in [0, 0.05) is 29.1 Å². The Morgan fingerprint density at radius 1 is 1.03 bits per heavy atom. The van der Waals surface area contributed by atoms with Crippen LogP contribution in [0.1, 0.15) is 23.6 Å². The summed E-state index contributed by atoms with van der Waals surface area (Å²) in [6.45, 7) is 0. The maximum Gasteiger partial charge on any atom is 0.247 e. The van der Waals surface area contributed by atoms with Crippen molar-refractivity contribution >= 4 is 27.1 Å². The van der Waals surface area contributed by atoms with Gasteiger partial charge in [-0.05, 0) is 53.4 Å². The summed E-state index contributed by atoms with van der Waals surface area (Å²) in [5.74, 6) is 0.734. The molecule has 9 heteroatoms. The molecule has 0 saturated carbocycles. The van der Waals surface area contributed by atoms with Crippen molar-refractivity contribution in [1.29, 1.82) is 0 Å². The summed E-state index contributed by atoms with van der Waals surface area (Å²) >= 11 is 1.58. The number of hydrogen-bond acceptors (Lipinski definition) is 6. The lowest BCUT2D eigenvalue weighted by atomic mass is 9.98. The Morgan fingerprint density at radius 2 is 1.79 bits per heavy atom. The van der Waals surface area contributed by atoms with Crippen molar-refractivity contribution in [3.05, 3.63) is 88.7 Å². The second-order valence-electron chi connectivity index (χ2n) is 7.76. The number of thiophene rings is 1. The lowest BCUT2D eigenvalue weighted by Gasteiger charge is -2.21. The number of methoxy groups -OCH3 is 1. The molecule has 3 heterocycles. The van der Waals surface area contributed by atoms with Gasteiger partial charge in [0.05, 0.1) is 36.5 Å². The zero-order valence-electron chi connectivity index (χ0n) is 18.1. The number of sulfonamides is 1. The van der Waals surface area contributed by atoms with Gasteiger partial charge in [-0.25, -0.2) is 13.1 Å². The molecule has 0 amide bonds. The molecule has 1 unspecified atom stereocenters. The van der Waals surface area contributed by atoms with Gasteiger partial charge in [-0.15, -0.1) is 0 Å². The molecule has 0 radical (unpaired) electrons. The van der Waals surface area contributed by atoms with E-state index in [9.17, 15) is 8.42 Å². The lowest BCUT2D eigenvalue weighted by Crippen LogP contribution is -2.26. The smallest absolute Gasteiger partial charge is 0.247 e. The van der Waals surface area contributed by atoms with Crippen molar-refractivity contribution in [3.63, 3.8) is 0 Å². The molecule has 33 heavy (non-hydrogen) atoms. The van der Waals surface area contributed by atoms with Gasteiger partial charge in [-0.1, -0.05) is 18.2 Å². The average Bonchev–Trinajstić information content (AvgIpc) is 3.58. The molecule has 0 N–H and O–H groups in total. The first-order valence-corrected chi connectivity index (χ1v) is 13.1. The molecule has 0 fully saturated rings. The zero-order valence-corrected chi connectivity index (χ0v) is 19.8. The van der Waals surface area contributed by atoms with Crippen LogP contribution in [0.2, 0.25) is 0 Å². The lowest BCUT2D eigenvalue weighted by molar-refractivity contribution is 0.375. The van der Waals surface area contributed by atoms with Crippen LogP contribution in [0.15, 0.2) is 82.7 Å². The van der Waals surface area contributed by atoms with Crippen LogP contribution in [0.3, 0.4) is 0 Å². The van der Waals surface area contributed by atoms with Crippen LogP contribution in [-0.4, -0.2) is 41.7 Å². The van der Waals surface area contributed by atoms with Crippen molar-refractivity contribution in [2.75, 3.05) is 13.4 Å². The van der Waals surface area contributed by atoms with Gasteiger partial charge >= 0.3 is 0 Å². The molecule has 1 aliphatic rings. The fourth-order valence-electron chi connectivity index (χ4n) is 3.95. The minimum absolute atomic E-state index is 0.441. The fraction of sp³-hybridized carbons (Fsp3) is 0.167. The maximum absolute atomic E-state index is 12.7. The van der Waals surface area contributed by atoms with Crippen molar-refractivity contribution in [2.45, 2.75) is 12.5 Å². The largest absolute Gasteiger partial charge is 0.497 e. The van der Waals surface area contributed by atoms with Crippen LogP contribution in [0.25, 0.3) is 16.9 Å². The maximum atomic E-state index is 12.7. The number of para-hydroxylation sites is 1. The molecule has 1 atom stereocenters. The fourth-order valence-corrected chi connectivity index (χ4v) is 5.49. The summed E-state index contributed by atoms with van der Waals surface area (Å²) < 4.78 is 33.7. The first-order chi connectivity index (χ1) is 15.9. The molecule has 1 aliphatic heterocycles. The van der Waals surface area contributed by atoms with Gasteiger partial charge in [0.25, 0.3) is 0 Å². The van der Waals surface area contributed by atoms with Crippen LogP contribution in [0.4, 0.5) is 0 Å². The molecular weight excluding hydrogens is 456 g/mol. The molecule has 0 saturated heterocycles. The monoisotopic (exact) mass is 478 g/mol. The van der Waals surface area contributed by atoms with E-state index in [-0.39, 0.29) is 0 Å². The molecule has 0 spiro atoms. The predicted octanol–water partition coefficient (Wildman–Crippen LogP) is 4.72. The van der Waals surface area contributed by atoms with Crippen LogP contribution >= 0.6 is 11.3 Å². The van der Waals surface area contributed by atoms with E-state index in [0.29, 0.717) is 12.1 Å². The second-order valence-corrected chi connectivity index (χ2v) is 10.4. The van der Waals surface area contributed by atoms with Gasteiger partial charge in [0.1, 0.15) is 5.75 Å². The van der Waals surface area contributed by atoms with Crippen LogP contribution in [0, 0.1) is 0 Å². The Labute approximate surface area is 196 Å². The van der Waals surface area contributed by atoms with Crippen LogP contribution in [-0.2, 0) is 10.0 Å².